The monoisotopic (exact) mass is 1390 g/mol. The lowest BCUT2D eigenvalue weighted by molar-refractivity contribution is -0.161. The first-order valence-electron chi connectivity index (χ1n) is 40.3. The van der Waals surface area contributed by atoms with Gasteiger partial charge in [0.25, 0.3) is 0 Å². The predicted molar refractivity (Wildman–Crippen MR) is 431 cm³/mol. The second kappa shape index (κ2) is 82.1. The second-order valence-corrected chi connectivity index (χ2v) is 27.7. The van der Waals surface area contributed by atoms with Crippen molar-refractivity contribution in [2.24, 2.45) is 5.73 Å². The van der Waals surface area contributed by atoms with E-state index in [4.69, 9.17) is 24.3 Å². The molecule has 0 heterocycles. The van der Waals surface area contributed by atoms with Crippen molar-refractivity contribution >= 4 is 19.8 Å². The molecule has 0 saturated carbocycles. The predicted octanol–water partition coefficient (Wildman–Crippen LogP) is 27.4. The van der Waals surface area contributed by atoms with Crippen LogP contribution in [0.3, 0.4) is 0 Å². The van der Waals surface area contributed by atoms with Gasteiger partial charge in [-0.15, -0.1) is 0 Å². The number of hydrogen-bond acceptors (Lipinski definition) is 8. The molecular formula is C89H148NO8P. The molecule has 3 N–H and O–H groups in total. The molecule has 2 unspecified atom stereocenters. The van der Waals surface area contributed by atoms with Crippen molar-refractivity contribution in [2.45, 2.75) is 341 Å². The Kier molecular flexibility index (Phi) is 78.0. The summed E-state index contributed by atoms with van der Waals surface area (Å²) in [5.41, 5.74) is 5.41. The second-order valence-electron chi connectivity index (χ2n) is 26.2. The quantitative estimate of drug-likeness (QED) is 0.0264. The minimum absolute atomic E-state index is 0.0385. The highest BCUT2D eigenvalue weighted by molar-refractivity contribution is 7.47. The van der Waals surface area contributed by atoms with E-state index < -0.39 is 32.5 Å². The molecule has 0 aromatic heterocycles. The number of phosphoric ester groups is 1. The van der Waals surface area contributed by atoms with Crippen molar-refractivity contribution in [1.82, 2.24) is 0 Å². The molecule has 2 atom stereocenters. The number of carbonyl (C=O) groups is 2. The van der Waals surface area contributed by atoms with Gasteiger partial charge in [0, 0.05) is 19.4 Å². The third-order valence-electron chi connectivity index (χ3n) is 16.8. The largest absolute Gasteiger partial charge is 0.472 e. The molecule has 0 aliphatic heterocycles. The lowest BCUT2D eigenvalue weighted by Crippen LogP contribution is -2.29. The van der Waals surface area contributed by atoms with E-state index in [0.29, 0.717) is 6.42 Å². The molecule has 562 valence electrons. The molecule has 0 aliphatic carbocycles. The number of ether oxygens (including phenoxy) is 2. The Balaban J connectivity index is 3.94. The molecule has 10 heteroatoms. The van der Waals surface area contributed by atoms with Crippen LogP contribution in [0.5, 0.6) is 0 Å². The van der Waals surface area contributed by atoms with Crippen LogP contribution in [0.4, 0.5) is 0 Å². The van der Waals surface area contributed by atoms with Gasteiger partial charge in [-0.2, -0.15) is 0 Å². The number of rotatable bonds is 74. The first kappa shape index (κ1) is 94.1. The summed E-state index contributed by atoms with van der Waals surface area (Å²) in [7, 11) is -4.42. The lowest BCUT2D eigenvalue weighted by Gasteiger charge is -2.19. The first-order chi connectivity index (χ1) is 48.8. The van der Waals surface area contributed by atoms with E-state index in [1.165, 1.54) is 180 Å². The molecule has 0 bridgehead atoms. The zero-order valence-electron chi connectivity index (χ0n) is 63.4. The van der Waals surface area contributed by atoms with E-state index in [0.717, 1.165) is 122 Å². The third-order valence-corrected chi connectivity index (χ3v) is 17.8. The molecule has 0 aromatic rings. The fourth-order valence-corrected chi connectivity index (χ4v) is 11.6. The smallest absolute Gasteiger partial charge is 0.462 e. The van der Waals surface area contributed by atoms with E-state index in [9.17, 15) is 19.0 Å². The number of esters is 2. The van der Waals surface area contributed by atoms with Crippen molar-refractivity contribution in [3.63, 3.8) is 0 Å². The third kappa shape index (κ3) is 82.0. The molecule has 99 heavy (non-hydrogen) atoms. The number of hydrogen-bond donors (Lipinski definition) is 2. The highest BCUT2D eigenvalue weighted by Gasteiger charge is 2.26. The van der Waals surface area contributed by atoms with Crippen LogP contribution >= 0.6 is 7.82 Å². The summed E-state index contributed by atoms with van der Waals surface area (Å²) in [5, 5.41) is 0. The molecule has 0 rings (SSSR count). The molecule has 0 spiro atoms. The fourth-order valence-electron chi connectivity index (χ4n) is 10.9. The number of phosphoric acid groups is 1. The van der Waals surface area contributed by atoms with Gasteiger partial charge in [0.05, 0.1) is 13.2 Å². The van der Waals surface area contributed by atoms with Gasteiger partial charge in [0.2, 0.25) is 0 Å². The summed E-state index contributed by atoms with van der Waals surface area (Å²) in [6.45, 7) is 3.58. The number of carbonyl (C=O) groups excluding carboxylic acids is 2. The molecule has 0 aliphatic rings. The van der Waals surface area contributed by atoms with Crippen molar-refractivity contribution in [1.29, 1.82) is 0 Å². The van der Waals surface area contributed by atoms with Crippen LogP contribution in [-0.2, 0) is 32.7 Å². The Bertz CT molecular complexity index is 2290. The Morgan fingerprint density at radius 3 is 0.848 bits per heavy atom. The van der Waals surface area contributed by atoms with Crippen LogP contribution in [0.2, 0.25) is 0 Å². The van der Waals surface area contributed by atoms with Gasteiger partial charge in [0.1, 0.15) is 6.61 Å². The Morgan fingerprint density at radius 2 is 0.556 bits per heavy atom. The zero-order chi connectivity index (χ0) is 71.5. The summed E-state index contributed by atoms with van der Waals surface area (Å²) >= 11 is 0. The highest BCUT2D eigenvalue weighted by atomic mass is 31.2. The summed E-state index contributed by atoms with van der Waals surface area (Å²) in [4.78, 5) is 35.4. The van der Waals surface area contributed by atoms with Gasteiger partial charge in [-0.05, 0) is 141 Å². The van der Waals surface area contributed by atoms with E-state index in [-0.39, 0.29) is 32.6 Å². The average molecular weight is 1390 g/mol. The Hall–Kier alpha value is -4.89. The number of unbranched alkanes of at least 4 members (excludes halogenated alkanes) is 31. The fraction of sp³-hybridized carbons (Fsp3) is 0.640. The maximum atomic E-state index is 12.8. The molecule has 0 fully saturated rings. The van der Waals surface area contributed by atoms with Crippen LogP contribution in [0.25, 0.3) is 0 Å². The number of nitrogens with two attached hydrogens (primary N) is 1. The van der Waals surface area contributed by atoms with Crippen LogP contribution in [0.15, 0.2) is 182 Å². The molecule has 0 saturated heterocycles. The Morgan fingerprint density at radius 1 is 0.313 bits per heavy atom. The summed E-state index contributed by atoms with van der Waals surface area (Å²) in [6.07, 6.45) is 123. The number of allylic oxidation sites excluding steroid dienone is 30. The van der Waals surface area contributed by atoms with Crippen molar-refractivity contribution < 1.29 is 37.6 Å². The molecule has 9 nitrogen and oxygen atoms in total. The summed E-state index contributed by atoms with van der Waals surface area (Å²) in [6, 6.07) is 0. The van der Waals surface area contributed by atoms with Gasteiger partial charge >= 0.3 is 19.8 Å². The van der Waals surface area contributed by atoms with Crippen molar-refractivity contribution in [3.8, 4) is 0 Å². The topological polar surface area (TPSA) is 134 Å². The van der Waals surface area contributed by atoms with Gasteiger partial charge in [0.15, 0.2) is 6.10 Å². The van der Waals surface area contributed by atoms with Crippen molar-refractivity contribution in [3.05, 3.63) is 182 Å². The molecular weight excluding hydrogens is 1240 g/mol. The Labute approximate surface area is 609 Å². The molecule has 0 radical (unpaired) electrons. The van der Waals surface area contributed by atoms with Gasteiger partial charge in [-0.1, -0.05) is 363 Å². The van der Waals surface area contributed by atoms with E-state index in [2.05, 4.69) is 196 Å². The van der Waals surface area contributed by atoms with Gasteiger partial charge in [-0.25, -0.2) is 4.57 Å². The normalized spacial score (nSPS) is 13.9. The highest BCUT2D eigenvalue weighted by Crippen LogP contribution is 2.43. The van der Waals surface area contributed by atoms with E-state index in [1.807, 2.05) is 0 Å². The summed E-state index contributed by atoms with van der Waals surface area (Å²) in [5.74, 6) is -0.880. The minimum atomic E-state index is -4.42. The van der Waals surface area contributed by atoms with E-state index >= 15 is 0 Å². The van der Waals surface area contributed by atoms with Crippen LogP contribution < -0.4 is 5.73 Å². The average Bonchev–Trinajstić information content (AvgIpc) is 1.35. The lowest BCUT2D eigenvalue weighted by atomic mass is 10.0. The zero-order valence-corrected chi connectivity index (χ0v) is 64.3. The van der Waals surface area contributed by atoms with E-state index in [1.54, 1.807) is 0 Å². The minimum Gasteiger partial charge on any atom is -0.462 e. The van der Waals surface area contributed by atoms with Gasteiger partial charge < -0.3 is 20.1 Å². The first-order valence-corrected chi connectivity index (χ1v) is 41.8. The van der Waals surface area contributed by atoms with Crippen molar-refractivity contribution in [2.75, 3.05) is 26.4 Å². The van der Waals surface area contributed by atoms with Crippen LogP contribution in [0, 0.1) is 0 Å². The SMILES string of the molecule is CC/C=C\C/C=C\C/C=C\C/C=C\C/C=C\C/C=C\C/C=C\C/C=C\C/C=C\C/C=C\C/C=C\C/C=C\CCCCC(=O)OC(COC(=O)CCCCCCCCCCCCCCCCCCCCCCCCCC/C=C\C/C=C\C/C=C\CCCCCCC)COP(=O)(O)OCCN. The maximum Gasteiger partial charge on any atom is 0.472 e. The maximum absolute atomic E-state index is 12.8. The van der Waals surface area contributed by atoms with Crippen LogP contribution in [-0.4, -0.2) is 49.3 Å². The summed E-state index contributed by atoms with van der Waals surface area (Å²) < 4.78 is 33.2. The van der Waals surface area contributed by atoms with Gasteiger partial charge in [-0.3, -0.25) is 18.6 Å². The molecule has 0 amide bonds. The standard InChI is InChI=1S/C89H148NO8P/c1-3-5-7-9-11-13-15-17-19-21-23-25-27-29-31-33-35-37-39-41-43-45-47-49-51-53-55-57-59-61-63-65-67-69-71-73-75-77-79-81-88(91)95-85-87(86-97-99(93,94)96-84-83-90)98-89(92)82-80-78-76-74-72-70-68-66-64-62-60-58-56-54-52-50-48-46-44-42-40-38-36-34-32-30-28-26-24-22-20-18-16-14-12-10-8-6-4-2/h6,8,12,14-15,17-18,20-21,23-24,26-27,29-30,32,36,38,42,44,48,50,54,56,60,62,66,68,72,74,87H,3-5,7,9-11,13,16,19,22,25,28,31,33-35,37,39-41,43,45-47,49,51-53,55,57-59,61,63-65,67,69-71,73,75-86,90H2,1-2H3,(H,93,94)/b8-6-,14-12-,17-15-,20-18-,23-21-,26-24-,29-27-,32-30-,38-36-,44-42-,50-48-,56-54-,62-60-,68-66-,74-72-. The molecule has 0 aromatic carbocycles. The van der Waals surface area contributed by atoms with Crippen LogP contribution in [0.1, 0.15) is 335 Å².